The van der Waals surface area contributed by atoms with Gasteiger partial charge in [-0.25, -0.2) is 0 Å². The van der Waals surface area contributed by atoms with Crippen molar-refractivity contribution in [1.29, 1.82) is 5.26 Å². The van der Waals surface area contributed by atoms with Gasteiger partial charge < -0.3 is 15.5 Å². The van der Waals surface area contributed by atoms with Gasteiger partial charge >= 0.3 is 0 Å². The van der Waals surface area contributed by atoms with E-state index >= 15 is 0 Å². The molecular formula is C23H27N9O2. The van der Waals surface area contributed by atoms with Gasteiger partial charge in [-0.3, -0.25) is 14.5 Å². The molecule has 1 saturated carbocycles. The lowest BCUT2D eigenvalue weighted by Crippen LogP contribution is -2.57. The van der Waals surface area contributed by atoms with Crippen LogP contribution >= 0.6 is 0 Å². The van der Waals surface area contributed by atoms with E-state index in [-0.39, 0.29) is 42.0 Å². The van der Waals surface area contributed by atoms with Gasteiger partial charge in [0.25, 0.3) is 0 Å². The molecule has 2 aromatic rings. The molecule has 7 atom stereocenters. The standard InChI is InChI=1S/C23H27N9O2/c1-12(13-2-4-14(5-3-13)21-26-28-29-27-21)31-17-8-20(23(31)34)30(10-17)11-18(25)22(33)32-16(9-24)6-15-7-19(15)32/h2-5,12,15-20H,6-8,10-11,25H2,1H3,(H,26,27,28,29)/t12-,15?,16+,17-,18+,19+,20-/m1/s1. The number of likely N-dealkylation sites (tertiary alicyclic amines) is 3. The van der Waals surface area contributed by atoms with E-state index in [4.69, 9.17) is 5.73 Å². The molecule has 1 aliphatic carbocycles. The molecule has 2 bridgehead atoms. The summed E-state index contributed by atoms with van der Waals surface area (Å²) in [6.07, 6.45) is 2.49. The summed E-state index contributed by atoms with van der Waals surface area (Å²) < 4.78 is 0. The van der Waals surface area contributed by atoms with Crippen LogP contribution in [0.3, 0.4) is 0 Å². The number of piperazine rings is 1. The molecule has 11 nitrogen and oxygen atoms in total. The van der Waals surface area contributed by atoms with Crippen LogP contribution in [0.2, 0.25) is 0 Å². The molecule has 4 fully saturated rings. The highest BCUT2D eigenvalue weighted by molar-refractivity contribution is 5.87. The van der Waals surface area contributed by atoms with Crippen molar-refractivity contribution in [3.8, 4) is 17.5 Å². The van der Waals surface area contributed by atoms with Crippen LogP contribution in [0, 0.1) is 17.2 Å². The van der Waals surface area contributed by atoms with Crippen molar-refractivity contribution in [3.05, 3.63) is 29.8 Å². The number of tetrazole rings is 1. The van der Waals surface area contributed by atoms with Crippen molar-refractivity contribution in [2.45, 2.75) is 62.4 Å². The maximum Gasteiger partial charge on any atom is 0.242 e. The average Bonchev–Trinajstić information content (AvgIpc) is 3.28. The summed E-state index contributed by atoms with van der Waals surface area (Å²) >= 11 is 0. The van der Waals surface area contributed by atoms with E-state index in [0.29, 0.717) is 24.8 Å². The molecule has 11 heteroatoms. The minimum Gasteiger partial charge on any atom is -0.330 e. The Hall–Kier alpha value is -3.36. The van der Waals surface area contributed by atoms with Gasteiger partial charge in [-0.15, -0.1) is 10.2 Å². The number of aromatic amines is 1. The second-order valence-electron chi connectivity index (χ2n) is 9.93. The second-order valence-corrected chi connectivity index (χ2v) is 9.93. The number of H-pyrrole nitrogens is 1. The van der Waals surface area contributed by atoms with Crippen molar-refractivity contribution in [2.24, 2.45) is 11.7 Å². The van der Waals surface area contributed by atoms with Gasteiger partial charge in [0.15, 0.2) is 0 Å². The van der Waals surface area contributed by atoms with Crippen LogP contribution in [-0.4, -0.2) is 90.4 Å². The smallest absolute Gasteiger partial charge is 0.242 e. The fourth-order valence-electron chi connectivity index (χ4n) is 6.17. The minimum atomic E-state index is -0.717. The maximum absolute atomic E-state index is 13.3. The van der Waals surface area contributed by atoms with E-state index in [1.807, 2.05) is 36.1 Å². The monoisotopic (exact) mass is 461 g/mol. The van der Waals surface area contributed by atoms with Gasteiger partial charge in [0.05, 0.1) is 24.2 Å². The molecule has 4 aliphatic rings. The quantitative estimate of drug-likeness (QED) is 0.613. The third-order valence-corrected chi connectivity index (χ3v) is 7.98. The Morgan fingerprint density at radius 3 is 2.76 bits per heavy atom. The lowest BCUT2D eigenvalue weighted by molar-refractivity contribution is -0.141. The van der Waals surface area contributed by atoms with Crippen LogP contribution in [0.1, 0.15) is 37.8 Å². The first-order chi connectivity index (χ1) is 16.5. The number of carbonyl (C=O) groups excluding carboxylic acids is 2. The van der Waals surface area contributed by atoms with E-state index < -0.39 is 6.04 Å². The lowest BCUT2D eigenvalue weighted by atomic mass is 10.0. The number of piperidine rings is 1. The zero-order valence-corrected chi connectivity index (χ0v) is 18.9. The van der Waals surface area contributed by atoms with Gasteiger partial charge in [0.2, 0.25) is 17.6 Å². The number of hydrogen-bond acceptors (Lipinski definition) is 8. The fraction of sp³-hybridized carbons (Fsp3) is 0.565. The van der Waals surface area contributed by atoms with Crippen molar-refractivity contribution < 1.29 is 9.59 Å². The van der Waals surface area contributed by atoms with Crippen LogP contribution in [-0.2, 0) is 9.59 Å². The third-order valence-electron chi connectivity index (χ3n) is 7.98. The molecule has 1 aromatic carbocycles. The predicted molar refractivity (Wildman–Crippen MR) is 119 cm³/mol. The highest BCUT2D eigenvalue weighted by atomic mass is 16.2. The van der Waals surface area contributed by atoms with Gasteiger partial charge in [-0.2, -0.15) is 10.5 Å². The molecule has 3 aliphatic heterocycles. The number of fused-ring (bicyclic) bond motifs is 3. The molecule has 34 heavy (non-hydrogen) atoms. The minimum absolute atomic E-state index is 0.0629. The number of amides is 2. The van der Waals surface area contributed by atoms with E-state index in [1.54, 1.807) is 4.90 Å². The Morgan fingerprint density at radius 1 is 1.29 bits per heavy atom. The van der Waals surface area contributed by atoms with Crippen LogP contribution in [0.4, 0.5) is 0 Å². The number of benzene rings is 1. The van der Waals surface area contributed by atoms with Gasteiger partial charge in [0.1, 0.15) is 6.04 Å². The number of nitrogens with two attached hydrogens (primary N) is 1. The van der Waals surface area contributed by atoms with Crippen molar-refractivity contribution in [2.75, 3.05) is 13.1 Å². The maximum atomic E-state index is 13.3. The van der Waals surface area contributed by atoms with Crippen LogP contribution in [0.25, 0.3) is 11.4 Å². The fourth-order valence-corrected chi connectivity index (χ4v) is 6.17. The molecule has 1 unspecified atom stereocenters. The molecule has 2 amide bonds. The number of nitrogens with one attached hydrogen (secondary N) is 1. The molecule has 176 valence electrons. The molecule has 6 rings (SSSR count). The number of nitrogens with zero attached hydrogens (tertiary/aromatic N) is 7. The average molecular weight is 462 g/mol. The Bertz CT molecular complexity index is 1140. The Kier molecular flexibility index (Phi) is 4.89. The number of aromatic nitrogens is 4. The molecule has 0 radical (unpaired) electrons. The number of carbonyl (C=O) groups is 2. The van der Waals surface area contributed by atoms with Crippen molar-refractivity contribution >= 4 is 11.8 Å². The lowest BCUT2D eigenvalue weighted by Gasteiger charge is -2.38. The van der Waals surface area contributed by atoms with E-state index in [2.05, 4.69) is 31.6 Å². The Balaban J connectivity index is 1.10. The number of hydrogen-bond donors (Lipinski definition) is 2. The van der Waals surface area contributed by atoms with E-state index in [9.17, 15) is 14.9 Å². The zero-order chi connectivity index (χ0) is 23.6. The van der Waals surface area contributed by atoms with Crippen LogP contribution < -0.4 is 5.73 Å². The van der Waals surface area contributed by atoms with Crippen LogP contribution in [0.5, 0.6) is 0 Å². The first kappa shape index (κ1) is 21.2. The molecular weight excluding hydrogens is 434 g/mol. The first-order valence-electron chi connectivity index (χ1n) is 11.8. The molecule has 0 spiro atoms. The largest absolute Gasteiger partial charge is 0.330 e. The van der Waals surface area contributed by atoms with Gasteiger partial charge in [0, 0.05) is 30.7 Å². The summed E-state index contributed by atoms with van der Waals surface area (Å²) in [6.45, 7) is 3.10. The number of nitriles is 1. The van der Waals surface area contributed by atoms with E-state index in [0.717, 1.165) is 30.4 Å². The van der Waals surface area contributed by atoms with Crippen molar-refractivity contribution in [1.82, 2.24) is 35.3 Å². The molecule has 3 N–H and O–H groups in total. The molecule has 3 saturated heterocycles. The van der Waals surface area contributed by atoms with E-state index in [1.165, 1.54) is 0 Å². The Labute approximate surface area is 196 Å². The Morgan fingerprint density at radius 2 is 2.09 bits per heavy atom. The van der Waals surface area contributed by atoms with Crippen LogP contribution in [0.15, 0.2) is 24.3 Å². The molecule has 1 aromatic heterocycles. The number of rotatable bonds is 6. The van der Waals surface area contributed by atoms with Crippen molar-refractivity contribution in [3.63, 3.8) is 0 Å². The molecule has 4 heterocycles. The van der Waals surface area contributed by atoms with Gasteiger partial charge in [-0.1, -0.05) is 24.3 Å². The second kappa shape index (κ2) is 7.85. The summed E-state index contributed by atoms with van der Waals surface area (Å²) in [5.41, 5.74) is 8.21. The third kappa shape index (κ3) is 3.28. The van der Waals surface area contributed by atoms with Gasteiger partial charge in [-0.05, 0) is 42.9 Å². The summed E-state index contributed by atoms with van der Waals surface area (Å²) in [5.74, 6) is 0.924. The zero-order valence-electron chi connectivity index (χ0n) is 18.9. The summed E-state index contributed by atoms with van der Waals surface area (Å²) in [7, 11) is 0. The summed E-state index contributed by atoms with van der Waals surface area (Å²) in [6, 6.07) is 9.00. The topological polar surface area (TPSA) is 148 Å². The predicted octanol–water partition coefficient (Wildman–Crippen LogP) is 0.0531. The summed E-state index contributed by atoms with van der Waals surface area (Å²) in [5, 5.41) is 23.4. The summed E-state index contributed by atoms with van der Waals surface area (Å²) in [4.78, 5) is 32.0. The highest BCUT2D eigenvalue weighted by Gasteiger charge is 2.56. The highest BCUT2D eigenvalue weighted by Crippen LogP contribution is 2.48. The first-order valence-corrected chi connectivity index (χ1v) is 11.8. The normalized spacial score (nSPS) is 31.4. The SMILES string of the molecule is C[C@H](c1ccc(-c2nn[nH]n2)cc1)N1C(=O)[C@H]2C[C@@H]1CN2C[C@H](N)C(=O)N1[C@H](C#N)CC2C[C@@H]21.